The highest BCUT2D eigenvalue weighted by Gasteiger charge is 2.19. The van der Waals surface area contributed by atoms with Crippen LogP contribution in [0.5, 0.6) is 23.0 Å². The van der Waals surface area contributed by atoms with E-state index in [1.54, 1.807) is 31.3 Å². The van der Waals surface area contributed by atoms with E-state index in [2.05, 4.69) is 15.3 Å². The first kappa shape index (κ1) is 31.0. The Balaban J connectivity index is 1.23. The predicted molar refractivity (Wildman–Crippen MR) is 170 cm³/mol. The molecule has 9 nitrogen and oxygen atoms in total. The Bertz CT molecular complexity index is 2160. The van der Waals surface area contributed by atoms with Gasteiger partial charge in [-0.1, -0.05) is 6.07 Å². The Kier molecular flexibility index (Phi) is 8.65. The molecule has 0 spiro atoms. The standard InChI is InChI=1S/C35H27F3N4O5/c1-3-46-28-13-15-42(23-8-5-21(36)6-9-23)35(44)24(28)18-32(43)41-22-7-11-29(27(38)17-22)47-30-12-14-39-34-33(30)25(19-40-34)20-4-10-26(37)31(16-20)45-2/h4-17,19H,3,18H2,1-2H3,(H,39,40)(H,41,43). The third-order valence-electron chi connectivity index (χ3n) is 7.32. The second-order valence-corrected chi connectivity index (χ2v) is 10.3. The van der Waals surface area contributed by atoms with Gasteiger partial charge in [-0.15, -0.1) is 0 Å². The Morgan fingerprint density at radius 2 is 1.72 bits per heavy atom. The number of hydrogen-bond donors (Lipinski definition) is 2. The van der Waals surface area contributed by atoms with Crippen molar-refractivity contribution in [2.24, 2.45) is 0 Å². The van der Waals surface area contributed by atoms with Crippen LogP contribution in [0.2, 0.25) is 0 Å². The van der Waals surface area contributed by atoms with Crippen molar-refractivity contribution in [3.63, 3.8) is 0 Å². The number of carbonyl (C=O) groups is 1. The second kappa shape index (κ2) is 13.1. The van der Waals surface area contributed by atoms with E-state index >= 15 is 4.39 Å². The highest BCUT2D eigenvalue weighted by Crippen LogP contribution is 2.38. The van der Waals surface area contributed by atoms with Gasteiger partial charge in [-0.2, -0.15) is 0 Å². The van der Waals surface area contributed by atoms with Crippen LogP contribution in [-0.2, 0) is 11.2 Å². The van der Waals surface area contributed by atoms with Gasteiger partial charge >= 0.3 is 0 Å². The lowest BCUT2D eigenvalue weighted by atomic mass is 10.0. The minimum atomic E-state index is -0.762. The lowest BCUT2D eigenvalue weighted by Crippen LogP contribution is -2.26. The average molecular weight is 641 g/mol. The third-order valence-corrected chi connectivity index (χ3v) is 7.32. The monoisotopic (exact) mass is 640 g/mol. The maximum absolute atomic E-state index is 15.3. The summed E-state index contributed by atoms with van der Waals surface area (Å²) in [6, 6.07) is 16.8. The van der Waals surface area contributed by atoms with Crippen LogP contribution >= 0.6 is 0 Å². The van der Waals surface area contributed by atoms with E-state index in [4.69, 9.17) is 14.2 Å². The van der Waals surface area contributed by atoms with E-state index < -0.39 is 28.9 Å². The van der Waals surface area contributed by atoms with Crippen LogP contribution in [0.25, 0.3) is 27.8 Å². The van der Waals surface area contributed by atoms with Gasteiger partial charge in [0.15, 0.2) is 23.1 Å². The molecule has 12 heteroatoms. The number of ether oxygens (including phenoxy) is 3. The highest BCUT2D eigenvalue weighted by molar-refractivity contribution is 5.98. The maximum atomic E-state index is 15.3. The van der Waals surface area contributed by atoms with Crippen molar-refractivity contribution in [3.8, 4) is 39.8 Å². The Labute approximate surface area is 266 Å². The van der Waals surface area contributed by atoms with Crippen LogP contribution in [0.4, 0.5) is 18.9 Å². The van der Waals surface area contributed by atoms with Crippen molar-refractivity contribution >= 4 is 22.6 Å². The van der Waals surface area contributed by atoms with Crippen molar-refractivity contribution in [2.75, 3.05) is 19.0 Å². The molecule has 3 aromatic heterocycles. The van der Waals surface area contributed by atoms with Crippen LogP contribution in [0.15, 0.2) is 96.2 Å². The number of pyridine rings is 2. The molecule has 1 amide bonds. The molecule has 6 rings (SSSR count). The fourth-order valence-corrected chi connectivity index (χ4v) is 5.13. The molecule has 0 aliphatic rings. The quantitative estimate of drug-likeness (QED) is 0.164. The summed E-state index contributed by atoms with van der Waals surface area (Å²) in [5.74, 6) is -1.86. The first-order valence-electron chi connectivity index (χ1n) is 14.5. The van der Waals surface area contributed by atoms with Crippen LogP contribution in [-0.4, -0.2) is 34.2 Å². The minimum absolute atomic E-state index is 0.0619. The predicted octanol–water partition coefficient (Wildman–Crippen LogP) is 7.18. The molecule has 0 saturated heterocycles. The van der Waals surface area contributed by atoms with Gasteiger partial charge in [0.05, 0.1) is 31.1 Å². The molecular weight excluding hydrogens is 613 g/mol. The number of halogens is 3. The van der Waals surface area contributed by atoms with E-state index in [1.165, 1.54) is 72.6 Å². The van der Waals surface area contributed by atoms with Gasteiger partial charge < -0.3 is 24.5 Å². The summed E-state index contributed by atoms with van der Waals surface area (Å²) < 4.78 is 60.8. The summed E-state index contributed by atoms with van der Waals surface area (Å²) in [4.78, 5) is 33.8. The molecule has 2 N–H and O–H groups in total. The smallest absolute Gasteiger partial charge is 0.262 e. The zero-order valence-electron chi connectivity index (χ0n) is 25.1. The van der Waals surface area contributed by atoms with Crippen molar-refractivity contribution in [1.82, 2.24) is 14.5 Å². The summed E-state index contributed by atoms with van der Waals surface area (Å²) >= 11 is 0. The molecule has 0 radical (unpaired) electrons. The SMILES string of the molecule is CCOc1ccn(-c2ccc(F)cc2)c(=O)c1CC(=O)Nc1ccc(Oc2ccnc3[nH]cc(-c4ccc(F)c(OC)c4)c23)c(F)c1. The van der Waals surface area contributed by atoms with Crippen molar-refractivity contribution < 1.29 is 32.2 Å². The van der Waals surface area contributed by atoms with Crippen LogP contribution in [0.1, 0.15) is 12.5 Å². The second-order valence-electron chi connectivity index (χ2n) is 10.3. The van der Waals surface area contributed by atoms with E-state index in [0.29, 0.717) is 27.8 Å². The van der Waals surface area contributed by atoms with E-state index in [0.717, 1.165) is 6.07 Å². The molecule has 0 aliphatic heterocycles. The van der Waals surface area contributed by atoms with Gasteiger partial charge in [0.25, 0.3) is 5.56 Å². The zero-order valence-corrected chi connectivity index (χ0v) is 25.1. The normalized spacial score (nSPS) is 11.0. The van der Waals surface area contributed by atoms with Gasteiger partial charge in [0, 0.05) is 41.6 Å². The summed E-state index contributed by atoms with van der Waals surface area (Å²) in [7, 11) is 1.37. The highest BCUT2D eigenvalue weighted by atomic mass is 19.1. The van der Waals surface area contributed by atoms with Gasteiger partial charge in [-0.3, -0.25) is 14.2 Å². The number of aromatic nitrogens is 3. The third kappa shape index (κ3) is 6.39. The van der Waals surface area contributed by atoms with Crippen molar-refractivity contribution in [3.05, 3.63) is 125 Å². The Morgan fingerprint density at radius 1 is 0.915 bits per heavy atom. The first-order valence-corrected chi connectivity index (χ1v) is 14.5. The molecule has 0 saturated carbocycles. The summed E-state index contributed by atoms with van der Waals surface area (Å²) in [6.45, 7) is 2.00. The fourth-order valence-electron chi connectivity index (χ4n) is 5.13. The van der Waals surface area contributed by atoms with Crippen molar-refractivity contribution in [1.29, 1.82) is 0 Å². The minimum Gasteiger partial charge on any atom is -0.494 e. The zero-order chi connectivity index (χ0) is 33.1. The number of fused-ring (bicyclic) bond motifs is 1. The number of aromatic amines is 1. The molecule has 0 unspecified atom stereocenters. The molecule has 238 valence electrons. The summed E-state index contributed by atoms with van der Waals surface area (Å²) in [5, 5.41) is 3.15. The molecular formula is C35H27F3N4O5. The number of amides is 1. The number of methoxy groups -OCH3 is 1. The summed E-state index contributed by atoms with van der Waals surface area (Å²) in [5.41, 5.74) is 1.84. The lowest BCUT2D eigenvalue weighted by Gasteiger charge is -2.14. The number of nitrogens with zero attached hydrogens (tertiary/aromatic N) is 2. The van der Waals surface area contributed by atoms with Crippen LogP contribution < -0.4 is 25.1 Å². The molecule has 6 aromatic rings. The number of rotatable bonds is 10. The van der Waals surface area contributed by atoms with E-state index in [-0.39, 0.29) is 47.3 Å². The molecule has 0 aliphatic carbocycles. The average Bonchev–Trinajstić information content (AvgIpc) is 3.50. The largest absolute Gasteiger partial charge is 0.494 e. The number of hydrogen-bond acceptors (Lipinski definition) is 6. The van der Waals surface area contributed by atoms with Crippen molar-refractivity contribution in [2.45, 2.75) is 13.3 Å². The van der Waals surface area contributed by atoms with E-state index in [1.807, 2.05) is 0 Å². The fraction of sp³-hybridized carbons (Fsp3) is 0.114. The lowest BCUT2D eigenvalue weighted by molar-refractivity contribution is -0.115. The molecule has 3 heterocycles. The molecule has 0 atom stereocenters. The Hall–Kier alpha value is -6.04. The number of carbonyl (C=O) groups excluding carboxylic acids is 1. The Morgan fingerprint density at radius 3 is 2.47 bits per heavy atom. The van der Waals surface area contributed by atoms with Crippen LogP contribution in [0, 0.1) is 17.5 Å². The molecule has 47 heavy (non-hydrogen) atoms. The topological polar surface area (TPSA) is 107 Å². The van der Waals surface area contributed by atoms with Gasteiger partial charge in [0.2, 0.25) is 5.91 Å². The van der Waals surface area contributed by atoms with E-state index in [9.17, 15) is 18.4 Å². The number of benzene rings is 3. The first-order chi connectivity index (χ1) is 22.7. The number of anilines is 1. The number of nitrogens with one attached hydrogen (secondary N) is 2. The molecule has 0 bridgehead atoms. The van der Waals surface area contributed by atoms with Gasteiger partial charge in [-0.25, -0.2) is 18.2 Å². The maximum Gasteiger partial charge on any atom is 0.262 e. The molecule has 0 fully saturated rings. The van der Waals surface area contributed by atoms with Gasteiger partial charge in [-0.05, 0) is 73.2 Å². The van der Waals surface area contributed by atoms with Crippen LogP contribution in [0.3, 0.4) is 0 Å². The summed E-state index contributed by atoms with van der Waals surface area (Å²) in [6.07, 6.45) is 4.30. The van der Waals surface area contributed by atoms with Gasteiger partial charge in [0.1, 0.15) is 23.0 Å². The molecule has 3 aromatic carbocycles. The number of H-pyrrole nitrogens is 1.